The number of amides is 1. The lowest BCUT2D eigenvalue weighted by Crippen LogP contribution is -2.50. The normalized spacial score (nSPS) is 14.5. The minimum atomic E-state index is -0.151. The third kappa shape index (κ3) is 4.50. The number of aryl methyl sites for hydroxylation is 1. The van der Waals surface area contributed by atoms with Crippen LogP contribution in [-0.2, 0) is 17.8 Å². The van der Waals surface area contributed by atoms with Gasteiger partial charge >= 0.3 is 0 Å². The fourth-order valence-corrected chi connectivity index (χ4v) is 3.18. The molecule has 1 aliphatic rings. The average Bonchev–Trinajstić information content (AvgIpc) is 2.69. The van der Waals surface area contributed by atoms with Gasteiger partial charge in [0.2, 0.25) is 5.91 Å². The lowest BCUT2D eigenvalue weighted by atomic mass is 10.2. The van der Waals surface area contributed by atoms with E-state index < -0.39 is 0 Å². The molecule has 1 aromatic heterocycles. The highest BCUT2D eigenvalue weighted by Crippen LogP contribution is 2.15. The summed E-state index contributed by atoms with van der Waals surface area (Å²) in [5, 5.41) is 0. The molecule has 0 bridgehead atoms. The van der Waals surface area contributed by atoms with Crippen molar-refractivity contribution >= 4 is 11.6 Å². The van der Waals surface area contributed by atoms with Gasteiger partial charge in [-0.05, 0) is 25.0 Å². The Labute approximate surface area is 154 Å². The number of aromatic nitrogens is 2. The molecule has 0 radical (unpaired) electrons. The lowest BCUT2D eigenvalue weighted by molar-refractivity contribution is -0.132. The van der Waals surface area contributed by atoms with Crippen LogP contribution in [-0.4, -0.2) is 46.5 Å². The highest BCUT2D eigenvalue weighted by Gasteiger charge is 2.21. The quantitative estimate of drug-likeness (QED) is 0.795. The van der Waals surface area contributed by atoms with Crippen molar-refractivity contribution in [1.82, 2.24) is 14.5 Å². The van der Waals surface area contributed by atoms with E-state index in [9.17, 15) is 9.59 Å². The molecule has 138 valence electrons. The maximum Gasteiger partial charge on any atom is 0.253 e. The molecule has 26 heavy (non-hydrogen) atoms. The third-order valence-corrected chi connectivity index (χ3v) is 4.78. The second-order valence-electron chi connectivity index (χ2n) is 6.65. The van der Waals surface area contributed by atoms with Crippen LogP contribution in [0.1, 0.15) is 25.5 Å². The first-order valence-corrected chi connectivity index (χ1v) is 9.30. The van der Waals surface area contributed by atoms with E-state index in [1.165, 1.54) is 16.6 Å². The summed E-state index contributed by atoms with van der Waals surface area (Å²) in [7, 11) is 0. The minimum Gasteiger partial charge on any atom is -0.368 e. The largest absolute Gasteiger partial charge is 0.368 e. The molecular weight excluding hydrogens is 328 g/mol. The number of carbonyl (C=O) groups is 1. The molecule has 1 aliphatic heterocycles. The van der Waals surface area contributed by atoms with Gasteiger partial charge in [0, 0.05) is 43.6 Å². The second-order valence-corrected chi connectivity index (χ2v) is 6.65. The van der Waals surface area contributed by atoms with Crippen molar-refractivity contribution in [3.63, 3.8) is 0 Å². The van der Waals surface area contributed by atoms with Gasteiger partial charge in [-0.15, -0.1) is 0 Å². The van der Waals surface area contributed by atoms with Gasteiger partial charge in [0.05, 0.1) is 6.33 Å². The molecule has 0 N–H and O–H groups in total. The number of hydrogen-bond acceptors (Lipinski definition) is 4. The Balaban J connectivity index is 1.55. The van der Waals surface area contributed by atoms with Gasteiger partial charge in [-0.1, -0.05) is 31.5 Å². The number of unbranched alkanes of at least 4 members (excludes halogenated alkanes) is 1. The van der Waals surface area contributed by atoms with Crippen LogP contribution in [0.3, 0.4) is 0 Å². The summed E-state index contributed by atoms with van der Waals surface area (Å²) < 4.78 is 1.40. The lowest BCUT2D eigenvalue weighted by Gasteiger charge is -2.36. The molecule has 6 nitrogen and oxygen atoms in total. The standard InChI is InChI=1S/C20H26N4O2/c1-2-3-7-17-14-19(25)24(16-21-17)15-20(26)23-12-10-22(11-13-23)18-8-5-4-6-9-18/h4-6,8-9,14,16H,2-3,7,10-13,15H2,1H3. The Hall–Kier alpha value is -2.63. The van der Waals surface area contributed by atoms with E-state index in [-0.39, 0.29) is 18.0 Å². The summed E-state index contributed by atoms with van der Waals surface area (Å²) in [6.07, 6.45) is 4.40. The highest BCUT2D eigenvalue weighted by atomic mass is 16.2. The van der Waals surface area contributed by atoms with Crippen molar-refractivity contribution in [3.8, 4) is 0 Å². The number of benzene rings is 1. The molecular formula is C20H26N4O2. The van der Waals surface area contributed by atoms with E-state index >= 15 is 0 Å². The van der Waals surface area contributed by atoms with E-state index in [4.69, 9.17) is 0 Å². The zero-order valence-corrected chi connectivity index (χ0v) is 15.3. The maximum atomic E-state index is 12.5. The molecule has 6 heteroatoms. The Morgan fingerprint density at radius 1 is 1.12 bits per heavy atom. The van der Waals surface area contributed by atoms with E-state index in [1.807, 2.05) is 23.1 Å². The van der Waals surface area contributed by atoms with Gasteiger partial charge in [-0.3, -0.25) is 14.2 Å². The number of piperazine rings is 1. The van der Waals surface area contributed by atoms with Gasteiger partial charge in [-0.25, -0.2) is 4.98 Å². The van der Waals surface area contributed by atoms with Gasteiger partial charge in [0.15, 0.2) is 0 Å². The molecule has 1 amide bonds. The van der Waals surface area contributed by atoms with Crippen molar-refractivity contribution in [2.45, 2.75) is 32.7 Å². The van der Waals surface area contributed by atoms with Crippen molar-refractivity contribution < 1.29 is 4.79 Å². The first kappa shape index (κ1) is 18.2. The van der Waals surface area contributed by atoms with Crippen LogP contribution in [0.4, 0.5) is 5.69 Å². The smallest absolute Gasteiger partial charge is 0.253 e. The molecule has 0 aliphatic carbocycles. The van der Waals surface area contributed by atoms with Crippen molar-refractivity contribution in [2.75, 3.05) is 31.1 Å². The molecule has 0 atom stereocenters. The van der Waals surface area contributed by atoms with Crippen LogP contribution in [0.5, 0.6) is 0 Å². The van der Waals surface area contributed by atoms with E-state index in [0.29, 0.717) is 13.1 Å². The van der Waals surface area contributed by atoms with E-state index in [2.05, 4.69) is 28.9 Å². The number of carbonyl (C=O) groups excluding carboxylic acids is 1. The Bertz CT molecular complexity index is 780. The fourth-order valence-electron chi connectivity index (χ4n) is 3.18. The van der Waals surface area contributed by atoms with E-state index in [1.54, 1.807) is 6.07 Å². The number of rotatable bonds is 6. The molecule has 2 heterocycles. The zero-order valence-electron chi connectivity index (χ0n) is 15.3. The third-order valence-electron chi connectivity index (χ3n) is 4.78. The van der Waals surface area contributed by atoms with Crippen LogP contribution in [0.25, 0.3) is 0 Å². The molecule has 1 fully saturated rings. The van der Waals surface area contributed by atoms with Crippen LogP contribution in [0.15, 0.2) is 47.5 Å². The molecule has 0 spiro atoms. The van der Waals surface area contributed by atoms with Crippen molar-refractivity contribution in [3.05, 3.63) is 58.8 Å². The Morgan fingerprint density at radius 3 is 2.50 bits per heavy atom. The monoisotopic (exact) mass is 354 g/mol. The first-order chi connectivity index (χ1) is 12.7. The molecule has 1 saturated heterocycles. The predicted molar refractivity (Wildman–Crippen MR) is 102 cm³/mol. The second kappa shape index (κ2) is 8.65. The van der Waals surface area contributed by atoms with Crippen LogP contribution in [0, 0.1) is 0 Å². The molecule has 0 unspecified atom stereocenters. The van der Waals surface area contributed by atoms with Gasteiger partial charge in [0.25, 0.3) is 5.56 Å². The number of nitrogens with zero attached hydrogens (tertiary/aromatic N) is 4. The Morgan fingerprint density at radius 2 is 1.85 bits per heavy atom. The average molecular weight is 354 g/mol. The summed E-state index contributed by atoms with van der Waals surface area (Å²) in [6, 6.07) is 11.8. The number of hydrogen-bond donors (Lipinski definition) is 0. The fraction of sp³-hybridized carbons (Fsp3) is 0.450. The summed E-state index contributed by atoms with van der Waals surface area (Å²) in [5.74, 6) is -0.0251. The highest BCUT2D eigenvalue weighted by molar-refractivity contribution is 5.76. The van der Waals surface area contributed by atoms with Crippen LogP contribution >= 0.6 is 0 Å². The molecule has 1 aromatic carbocycles. The number of para-hydroxylation sites is 1. The summed E-state index contributed by atoms with van der Waals surface area (Å²) in [4.78, 5) is 33.2. The SMILES string of the molecule is CCCCc1cc(=O)n(CC(=O)N2CCN(c3ccccc3)CC2)cn1. The van der Waals surface area contributed by atoms with Crippen LogP contribution < -0.4 is 10.5 Å². The first-order valence-electron chi connectivity index (χ1n) is 9.30. The topological polar surface area (TPSA) is 58.4 Å². The predicted octanol–water partition coefficient (Wildman–Crippen LogP) is 1.93. The summed E-state index contributed by atoms with van der Waals surface area (Å²) >= 11 is 0. The van der Waals surface area contributed by atoms with Crippen molar-refractivity contribution in [2.24, 2.45) is 0 Å². The van der Waals surface area contributed by atoms with Gasteiger partial charge in [-0.2, -0.15) is 0 Å². The van der Waals surface area contributed by atoms with Gasteiger partial charge < -0.3 is 9.80 Å². The van der Waals surface area contributed by atoms with Gasteiger partial charge in [0.1, 0.15) is 6.54 Å². The molecule has 2 aromatic rings. The Kier molecular flexibility index (Phi) is 6.04. The van der Waals surface area contributed by atoms with Crippen LogP contribution in [0.2, 0.25) is 0 Å². The van der Waals surface area contributed by atoms with Crippen molar-refractivity contribution in [1.29, 1.82) is 0 Å². The number of anilines is 1. The molecule has 0 saturated carbocycles. The summed E-state index contributed by atoms with van der Waals surface area (Å²) in [6.45, 7) is 5.12. The zero-order chi connectivity index (χ0) is 18.4. The van der Waals surface area contributed by atoms with E-state index in [0.717, 1.165) is 38.0 Å². The molecule has 3 rings (SSSR count). The summed E-state index contributed by atoms with van der Waals surface area (Å²) in [5.41, 5.74) is 1.84. The minimum absolute atomic E-state index is 0.0251. The maximum absolute atomic E-state index is 12.5.